The summed E-state index contributed by atoms with van der Waals surface area (Å²) in [5, 5.41) is 14.6. The van der Waals surface area contributed by atoms with Gasteiger partial charge in [-0.3, -0.25) is 14.9 Å². The lowest BCUT2D eigenvalue weighted by molar-refractivity contribution is -0.384. The van der Waals surface area contributed by atoms with Gasteiger partial charge in [0.05, 0.1) is 11.3 Å². The van der Waals surface area contributed by atoms with Crippen LogP contribution in [0.3, 0.4) is 0 Å². The van der Waals surface area contributed by atoms with E-state index in [2.05, 4.69) is 10.3 Å². The lowest BCUT2D eigenvalue weighted by Crippen LogP contribution is -2.43. The fourth-order valence-electron chi connectivity index (χ4n) is 2.98. The predicted molar refractivity (Wildman–Crippen MR) is 88.2 cm³/mol. The Balaban J connectivity index is 1.85. The van der Waals surface area contributed by atoms with Crippen LogP contribution in [0.1, 0.15) is 23.2 Å². The van der Waals surface area contributed by atoms with Crippen LogP contribution in [0, 0.1) is 10.1 Å². The highest BCUT2D eigenvalue weighted by Gasteiger charge is 2.25. The average molecular weight is 329 g/mol. The molecule has 1 aromatic carbocycles. The predicted octanol–water partition coefficient (Wildman–Crippen LogP) is 1.60. The van der Waals surface area contributed by atoms with E-state index in [0.717, 1.165) is 12.8 Å². The van der Waals surface area contributed by atoms with E-state index in [1.165, 1.54) is 12.4 Å². The van der Waals surface area contributed by atoms with E-state index in [-0.39, 0.29) is 11.6 Å². The van der Waals surface area contributed by atoms with Gasteiger partial charge in [-0.2, -0.15) is 0 Å². The maximum absolute atomic E-state index is 12.6. The molecule has 0 atom stereocenters. The maximum atomic E-state index is 12.6. The number of hydrogen-bond acceptors (Lipinski definition) is 5. The van der Waals surface area contributed by atoms with Gasteiger partial charge in [0, 0.05) is 43.2 Å². The zero-order valence-electron chi connectivity index (χ0n) is 13.4. The SMILES string of the molecule is CNC1CCN(C(=O)c2ccc(-n3ccnc3)c([N+](=O)[O-])c2)CC1. The Morgan fingerprint density at radius 2 is 2.12 bits per heavy atom. The number of amides is 1. The van der Waals surface area contributed by atoms with Crippen molar-refractivity contribution in [3.8, 4) is 5.69 Å². The number of carbonyl (C=O) groups excluding carboxylic acids is 1. The summed E-state index contributed by atoms with van der Waals surface area (Å²) in [6, 6.07) is 5.00. The molecule has 0 unspecified atom stereocenters. The van der Waals surface area contributed by atoms with Crippen molar-refractivity contribution >= 4 is 11.6 Å². The van der Waals surface area contributed by atoms with E-state index < -0.39 is 4.92 Å². The Morgan fingerprint density at radius 1 is 1.38 bits per heavy atom. The number of carbonyl (C=O) groups is 1. The molecule has 0 saturated carbocycles. The molecule has 1 amide bonds. The summed E-state index contributed by atoms with van der Waals surface area (Å²) in [5.41, 5.74) is 0.625. The van der Waals surface area contributed by atoms with Gasteiger partial charge in [0.2, 0.25) is 0 Å². The summed E-state index contributed by atoms with van der Waals surface area (Å²) in [4.78, 5) is 29.2. The molecule has 2 aromatic rings. The number of piperidine rings is 1. The van der Waals surface area contributed by atoms with Crippen molar-refractivity contribution in [2.45, 2.75) is 18.9 Å². The fourth-order valence-corrected chi connectivity index (χ4v) is 2.98. The monoisotopic (exact) mass is 329 g/mol. The lowest BCUT2D eigenvalue weighted by Gasteiger charge is -2.31. The highest BCUT2D eigenvalue weighted by molar-refractivity contribution is 5.95. The maximum Gasteiger partial charge on any atom is 0.294 e. The van der Waals surface area contributed by atoms with Gasteiger partial charge in [-0.1, -0.05) is 0 Å². The zero-order valence-corrected chi connectivity index (χ0v) is 13.4. The zero-order chi connectivity index (χ0) is 17.1. The highest BCUT2D eigenvalue weighted by Crippen LogP contribution is 2.25. The molecule has 1 saturated heterocycles. The summed E-state index contributed by atoms with van der Waals surface area (Å²) in [6.07, 6.45) is 6.45. The first kappa shape index (κ1) is 16.1. The van der Waals surface area contributed by atoms with Gasteiger partial charge in [0.1, 0.15) is 5.69 Å². The number of nitrogens with one attached hydrogen (secondary N) is 1. The standard InChI is InChI=1S/C16H19N5O3/c1-17-13-4-7-19(8-5-13)16(22)12-2-3-14(15(10-12)21(23)24)20-9-6-18-11-20/h2-3,6,9-11,13,17H,4-5,7-8H2,1H3. The highest BCUT2D eigenvalue weighted by atomic mass is 16.6. The summed E-state index contributed by atoms with van der Waals surface area (Å²) >= 11 is 0. The van der Waals surface area contributed by atoms with Crippen molar-refractivity contribution in [1.82, 2.24) is 19.8 Å². The quantitative estimate of drug-likeness (QED) is 0.679. The van der Waals surface area contributed by atoms with Crippen LogP contribution < -0.4 is 5.32 Å². The Labute approximate surface area is 139 Å². The summed E-state index contributed by atoms with van der Waals surface area (Å²) < 4.78 is 1.56. The number of benzene rings is 1. The van der Waals surface area contributed by atoms with E-state index in [4.69, 9.17) is 0 Å². The molecule has 1 aliphatic heterocycles. The fraction of sp³-hybridized carbons (Fsp3) is 0.375. The summed E-state index contributed by atoms with van der Waals surface area (Å²) in [6.45, 7) is 1.31. The van der Waals surface area contributed by atoms with Crippen molar-refractivity contribution in [3.63, 3.8) is 0 Å². The topological polar surface area (TPSA) is 93.3 Å². The van der Waals surface area contributed by atoms with Gasteiger partial charge in [0.15, 0.2) is 0 Å². The number of imidazole rings is 1. The number of rotatable bonds is 4. The Kier molecular flexibility index (Phi) is 4.57. The molecule has 3 rings (SSSR count). The van der Waals surface area contributed by atoms with Crippen molar-refractivity contribution in [2.24, 2.45) is 0 Å². The van der Waals surface area contributed by atoms with Crippen LogP contribution in [0.5, 0.6) is 0 Å². The third-order valence-electron chi connectivity index (χ3n) is 4.39. The van der Waals surface area contributed by atoms with Crippen LogP contribution in [0.4, 0.5) is 5.69 Å². The Morgan fingerprint density at radius 3 is 2.71 bits per heavy atom. The number of nitrogens with zero attached hydrogens (tertiary/aromatic N) is 4. The molecule has 0 spiro atoms. The first-order valence-electron chi connectivity index (χ1n) is 7.83. The van der Waals surface area contributed by atoms with Crippen LogP contribution in [0.2, 0.25) is 0 Å². The molecule has 1 aromatic heterocycles. The van der Waals surface area contributed by atoms with Crippen LogP contribution in [0.15, 0.2) is 36.9 Å². The van der Waals surface area contributed by atoms with Gasteiger partial charge in [-0.05, 0) is 32.0 Å². The number of likely N-dealkylation sites (tertiary alicyclic amines) is 1. The molecule has 1 N–H and O–H groups in total. The largest absolute Gasteiger partial charge is 0.339 e. The van der Waals surface area contributed by atoms with Crippen molar-refractivity contribution in [1.29, 1.82) is 0 Å². The van der Waals surface area contributed by atoms with Gasteiger partial charge >= 0.3 is 0 Å². The molecule has 8 heteroatoms. The van der Waals surface area contributed by atoms with Gasteiger partial charge in [-0.25, -0.2) is 4.98 Å². The van der Waals surface area contributed by atoms with Gasteiger partial charge in [0.25, 0.3) is 11.6 Å². The van der Waals surface area contributed by atoms with E-state index in [9.17, 15) is 14.9 Å². The summed E-state index contributed by atoms with van der Waals surface area (Å²) in [5.74, 6) is -0.162. The van der Waals surface area contributed by atoms with E-state index in [1.807, 2.05) is 7.05 Å². The van der Waals surface area contributed by atoms with Crippen LogP contribution >= 0.6 is 0 Å². The molecule has 8 nitrogen and oxygen atoms in total. The number of hydrogen-bond donors (Lipinski definition) is 1. The molecule has 2 heterocycles. The van der Waals surface area contributed by atoms with E-state index in [0.29, 0.717) is 30.4 Å². The van der Waals surface area contributed by atoms with E-state index >= 15 is 0 Å². The second-order valence-electron chi connectivity index (χ2n) is 5.79. The van der Waals surface area contributed by atoms with Crippen LogP contribution in [0.25, 0.3) is 5.69 Å². The minimum Gasteiger partial charge on any atom is -0.339 e. The first-order chi connectivity index (χ1) is 11.6. The van der Waals surface area contributed by atoms with E-state index in [1.54, 1.807) is 34.0 Å². The minimum atomic E-state index is -0.473. The van der Waals surface area contributed by atoms with Gasteiger partial charge < -0.3 is 14.8 Å². The second-order valence-corrected chi connectivity index (χ2v) is 5.79. The Bertz CT molecular complexity index is 736. The first-order valence-corrected chi connectivity index (χ1v) is 7.83. The normalized spacial score (nSPS) is 15.5. The van der Waals surface area contributed by atoms with Crippen LogP contribution in [-0.4, -0.2) is 51.5 Å². The number of nitro groups is 1. The minimum absolute atomic E-state index is 0.107. The molecular formula is C16H19N5O3. The van der Waals surface area contributed by atoms with Crippen molar-refractivity contribution in [2.75, 3.05) is 20.1 Å². The Hall–Kier alpha value is -2.74. The van der Waals surface area contributed by atoms with Crippen molar-refractivity contribution < 1.29 is 9.72 Å². The average Bonchev–Trinajstić information content (AvgIpc) is 3.15. The number of aromatic nitrogens is 2. The third-order valence-corrected chi connectivity index (χ3v) is 4.39. The number of nitro benzene ring substituents is 1. The molecule has 0 aliphatic carbocycles. The molecular weight excluding hydrogens is 310 g/mol. The molecule has 0 bridgehead atoms. The molecule has 1 aliphatic rings. The molecule has 0 radical (unpaired) electrons. The molecule has 24 heavy (non-hydrogen) atoms. The third kappa shape index (κ3) is 3.13. The van der Waals surface area contributed by atoms with Gasteiger partial charge in [-0.15, -0.1) is 0 Å². The molecule has 126 valence electrons. The van der Waals surface area contributed by atoms with Crippen LogP contribution in [-0.2, 0) is 0 Å². The second kappa shape index (κ2) is 6.79. The summed E-state index contributed by atoms with van der Waals surface area (Å²) in [7, 11) is 1.92. The smallest absolute Gasteiger partial charge is 0.294 e. The van der Waals surface area contributed by atoms with Crippen molar-refractivity contribution in [3.05, 3.63) is 52.6 Å². The lowest BCUT2D eigenvalue weighted by atomic mass is 10.0. The molecule has 1 fully saturated rings.